The van der Waals surface area contributed by atoms with Gasteiger partial charge in [-0.05, 0) is 6.07 Å². The zero-order valence-electron chi connectivity index (χ0n) is 8.58. The third kappa shape index (κ3) is 2.57. The van der Waals surface area contributed by atoms with Crippen LogP contribution in [0, 0.1) is 11.6 Å². The molecule has 2 rings (SSSR count). The molecule has 4 nitrogen and oxygen atoms in total. The van der Waals surface area contributed by atoms with E-state index < -0.39 is 17.6 Å². The number of aromatic nitrogens is 1. The summed E-state index contributed by atoms with van der Waals surface area (Å²) in [6, 6.07) is 1.61. The van der Waals surface area contributed by atoms with Gasteiger partial charge in [0.1, 0.15) is 10.7 Å². The first kappa shape index (κ1) is 12.7. The second-order valence-corrected chi connectivity index (χ2v) is 4.64. The number of benzene rings is 1. The summed E-state index contributed by atoms with van der Waals surface area (Å²) < 4.78 is 26.3. The topological polar surface area (TPSA) is 62.2 Å². The van der Waals surface area contributed by atoms with E-state index in [0.717, 1.165) is 23.6 Å². The van der Waals surface area contributed by atoms with E-state index in [2.05, 4.69) is 10.3 Å². The Balaban J connectivity index is 2.31. The van der Waals surface area contributed by atoms with Crippen molar-refractivity contribution in [1.82, 2.24) is 4.98 Å². The van der Waals surface area contributed by atoms with Crippen molar-refractivity contribution in [3.05, 3.63) is 39.9 Å². The smallest absolute Gasteiger partial charge is 0.347 e. The number of hydrogen-bond donors (Lipinski definition) is 2. The number of hydrogen-bond acceptors (Lipinski definition) is 4. The monoisotopic (exact) mass is 290 g/mol. The molecule has 94 valence electrons. The Kier molecular flexibility index (Phi) is 3.44. The highest BCUT2D eigenvalue weighted by Gasteiger charge is 2.13. The molecule has 2 N–H and O–H groups in total. The standard InChI is InChI=1S/C10H5ClF2N2O2S/c11-5-1-4(12)2-6(13)8(5)15-10-14-3-7(18-10)9(16)17/h1-3H,(H,14,15)(H,16,17). The van der Waals surface area contributed by atoms with Crippen molar-refractivity contribution < 1.29 is 18.7 Å². The van der Waals surface area contributed by atoms with Crippen LogP contribution in [0.15, 0.2) is 18.3 Å². The van der Waals surface area contributed by atoms with Crippen molar-refractivity contribution in [3.8, 4) is 0 Å². The van der Waals surface area contributed by atoms with Crippen LogP contribution < -0.4 is 5.32 Å². The zero-order valence-corrected chi connectivity index (χ0v) is 10.1. The van der Waals surface area contributed by atoms with Crippen LogP contribution in [0.5, 0.6) is 0 Å². The maximum absolute atomic E-state index is 13.4. The molecular formula is C10H5ClF2N2O2S. The number of nitrogens with zero attached hydrogens (tertiary/aromatic N) is 1. The SMILES string of the molecule is O=C(O)c1cnc(Nc2c(F)cc(F)cc2Cl)s1. The van der Waals surface area contributed by atoms with E-state index in [9.17, 15) is 13.6 Å². The normalized spacial score (nSPS) is 10.4. The third-order valence-corrected chi connectivity index (χ3v) is 3.15. The van der Waals surface area contributed by atoms with Gasteiger partial charge in [0.25, 0.3) is 0 Å². The molecule has 0 aliphatic heterocycles. The Hall–Kier alpha value is -1.73. The fraction of sp³-hybridized carbons (Fsp3) is 0. The minimum atomic E-state index is -1.13. The number of halogens is 3. The van der Waals surface area contributed by atoms with Gasteiger partial charge in [-0.25, -0.2) is 18.6 Å². The number of carboxylic acids is 1. The summed E-state index contributed by atoms with van der Waals surface area (Å²) in [7, 11) is 0. The van der Waals surface area contributed by atoms with Gasteiger partial charge < -0.3 is 10.4 Å². The average Bonchev–Trinajstić information content (AvgIpc) is 2.71. The first-order chi connectivity index (χ1) is 8.47. The van der Waals surface area contributed by atoms with Crippen LogP contribution in [0.3, 0.4) is 0 Å². The molecule has 0 atom stereocenters. The van der Waals surface area contributed by atoms with Gasteiger partial charge in [-0.2, -0.15) is 0 Å². The van der Waals surface area contributed by atoms with E-state index in [-0.39, 0.29) is 20.7 Å². The fourth-order valence-corrected chi connectivity index (χ4v) is 2.10. The fourth-order valence-electron chi connectivity index (χ4n) is 1.20. The first-order valence-electron chi connectivity index (χ1n) is 4.58. The van der Waals surface area contributed by atoms with Gasteiger partial charge in [0.2, 0.25) is 0 Å². The molecule has 1 heterocycles. The lowest BCUT2D eigenvalue weighted by Crippen LogP contribution is -1.95. The Morgan fingerprint density at radius 1 is 1.44 bits per heavy atom. The molecule has 8 heteroatoms. The van der Waals surface area contributed by atoms with Gasteiger partial charge in [-0.1, -0.05) is 22.9 Å². The number of anilines is 2. The summed E-state index contributed by atoms with van der Waals surface area (Å²) in [5.41, 5.74) is -0.149. The molecule has 1 aromatic heterocycles. The molecule has 0 aliphatic carbocycles. The van der Waals surface area contributed by atoms with Crippen molar-refractivity contribution in [2.75, 3.05) is 5.32 Å². The zero-order chi connectivity index (χ0) is 13.3. The Morgan fingerprint density at radius 3 is 2.72 bits per heavy atom. The Bertz CT molecular complexity index is 595. The van der Waals surface area contributed by atoms with Crippen molar-refractivity contribution in [3.63, 3.8) is 0 Å². The van der Waals surface area contributed by atoms with Gasteiger partial charge in [-0.15, -0.1) is 0 Å². The van der Waals surface area contributed by atoms with E-state index >= 15 is 0 Å². The molecule has 2 aromatic rings. The molecule has 0 saturated heterocycles. The summed E-state index contributed by atoms with van der Waals surface area (Å²) in [5, 5.41) is 11.2. The van der Waals surface area contributed by atoms with Crippen molar-refractivity contribution >= 4 is 39.7 Å². The summed E-state index contributed by atoms with van der Waals surface area (Å²) >= 11 is 6.49. The first-order valence-corrected chi connectivity index (χ1v) is 5.77. The lowest BCUT2D eigenvalue weighted by atomic mass is 10.3. The maximum Gasteiger partial charge on any atom is 0.347 e. The highest BCUT2D eigenvalue weighted by atomic mass is 35.5. The minimum Gasteiger partial charge on any atom is -0.477 e. The molecule has 0 spiro atoms. The lowest BCUT2D eigenvalue weighted by molar-refractivity contribution is 0.0702. The third-order valence-electron chi connectivity index (χ3n) is 1.96. The van der Waals surface area contributed by atoms with Crippen LogP contribution in [0.4, 0.5) is 19.6 Å². The molecule has 0 aliphatic rings. The quantitative estimate of drug-likeness (QED) is 0.908. The molecule has 0 bridgehead atoms. The Morgan fingerprint density at radius 2 is 2.17 bits per heavy atom. The van der Waals surface area contributed by atoms with Crippen LogP contribution in [0.25, 0.3) is 0 Å². The summed E-state index contributed by atoms with van der Waals surface area (Å²) in [4.78, 5) is 14.4. The van der Waals surface area contributed by atoms with Crippen molar-refractivity contribution in [2.24, 2.45) is 0 Å². The molecule has 0 fully saturated rings. The number of aromatic carboxylic acids is 1. The molecule has 0 unspecified atom stereocenters. The predicted octanol–water partition coefficient (Wildman–Crippen LogP) is 3.52. The minimum absolute atomic E-state index is 0.00357. The van der Waals surface area contributed by atoms with Crippen LogP contribution >= 0.6 is 22.9 Å². The van der Waals surface area contributed by atoms with Crippen molar-refractivity contribution in [1.29, 1.82) is 0 Å². The van der Waals surface area contributed by atoms with Crippen LogP contribution in [-0.2, 0) is 0 Å². The average molecular weight is 291 g/mol. The largest absolute Gasteiger partial charge is 0.477 e. The van der Waals surface area contributed by atoms with Crippen LogP contribution in [0.2, 0.25) is 5.02 Å². The summed E-state index contributed by atoms with van der Waals surface area (Å²) in [6.45, 7) is 0. The molecule has 18 heavy (non-hydrogen) atoms. The molecule has 0 saturated carbocycles. The van der Waals surface area contributed by atoms with E-state index in [4.69, 9.17) is 16.7 Å². The van der Waals surface area contributed by atoms with E-state index in [1.54, 1.807) is 0 Å². The van der Waals surface area contributed by atoms with Gasteiger partial charge in [0.15, 0.2) is 10.9 Å². The maximum atomic E-state index is 13.4. The van der Waals surface area contributed by atoms with Crippen LogP contribution in [-0.4, -0.2) is 16.1 Å². The molecule has 0 amide bonds. The number of nitrogens with one attached hydrogen (secondary N) is 1. The van der Waals surface area contributed by atoms with E-state index in [0.29, 0.717) is 6.07 Å². The second kappa shape index (κ2) is 4.87. The van der Waals surface area contributed by atoms with Gasteiger partial charge in [0, 0.05) is 6.07 Å². The summed E-state index contributed by atoms with van der Waals surface area (Å²) in [6.07, 6.45) is 1.13. The van der Waals surface area contributed by atoms with E-state index in [1.165, 1.54) is 0 Å². The van der Waals surface area contributed by atoms with Crippen molar-refractivity contribution in [2.45, 2.75) is 0 Å². The van der Waals surface area contributed by atoms with Gasteiger partial charge in [-0.3, -0.25) is 0 Å². The lowest BCUT2D eigenvalue weighted by Gasteiger charge is -2.06. The second-order valence-electron chi connectivity index (χ2n) is 3.20. The molecular weight excluding hydrogens is 286 g/mol. The highest BCUT2D eigenvalue weighted by Crippen LogP contribution is 2.31. The summed E-state index contributed by atoms with van der Waals surface area (Å²) in [5.74, 6) is -2.81. The Labute approximate surface area is 109 Å². The molecule has 0 radical (unpaired) electrons. The number of carbonyl (C=O) groups is 1. The van der Waals surface area contributed by atoms with E-state index in [1.807, 2.05) is 0 Å². The van der Waals surface area contributed by atoms with Gasteiger partial charge >= 0.3 is 5.97 Å². The number of carboxylic acid groups (broad SMARTS) is 1. The van der Waals surface area contributed by atoms with Crippen LogP contribution in [0.1, 0.15) is 9.67 Å². The van der Waals surface area contributed by atoms with Gasteiger partial charge in [0.05, 0.1) is 16.9 Å². The molecule has 1 aromatic carbocycles. The number of thiazole rings is 1. The number of rotatable bonds is 3. The predicted molar refractivity (Wildman–Crippen MR) is 63.7 cm³/mol. The highest BCUT2D eigenvalue weighted by molar-refractivity contribution is 7.17.